The van der Waals surface area contributed by atoms with Crippen LogP contribution in [0.4, 0.5) is 0 Å². The Morgan fingerprint density at radius 3 is 2.08 bits per heavy atom. The quantitative estimate of drug-likeness (QED) is 0.392. The Kier molecular flexibility index (Phi) is 6.19. The van der Waals surface area contributed by atoms with Gasteiger partial charge in [0.05, 0.1) is 27.8 Å². The number of esters is 1. The normalized spacial score (nSPS) is 10.2. The molecule has 0 unspecified atom stereocenters. The van der Waals surface area contributed by atoms with Crippen LogP contribution in [0.1, 0.15) is 21.5 Å². The summed E-state index contributed by atoms with van der Waals surface area (Å²) in [6.07, 6.45) is -0.0255. The number of ketones is 1. The van der Waals surface area contributed by atoms with Crippen molar-refractivity contribution in [3.63, 3.8) is 0 Å². The smallest absolute Gasteiger partial charge is 0.310 e. The first-order valence-corrected chi connectivity index (χ1v) is 8.20. The summed E-state index contributed by atoms with van der Waals surface area (Å²) in [6, 6.07) is 10.4. The van der Waals surface area contributed by atoms with Gasteiger partial charge in [0.1, 0.15) is 0 Å². The van der Waals surface area contributed by atoms with Crippen LogP contribution in [0.3, 0.4) is 0 Å². The Bertz CT molecular complexity index is 753. The highest BCUT2D eigenvalue weighted by molar-refractivity contribution is 14.1. The van der Waals surface area contributed by atoms with Crippen molar-refractivity contribution in [1.82, 2.24) is 0 Å². The minimum absolute atomic E-state index is 0.0255. The van der Waals surface area contributed by atoms with E-state index in [9.17, 15) is 9.59 Å². The molecule has 0 aliphatic rings. The lowest BCUT2D eigenvalue weighted by Gasteiger charge is -2.14. The zero-order chi connectivity index (χ0) is 17.7. The van der Waals surface area contributed by atoms with Gasteiger partial charge in [0.25, 0.3) is 0 Å². The highest BCUT2D eigenvalue weighted by atomic mass is 127. The third kappa shape index (κ3) is 4.05. The summed E-state index contributed by atoms with van der Waals surface area (Å²) >= 11 is 2.17. The average molecular weight is 440 g/mol. The fourth-order valence-electron chi connectivity index (χ4n) is 2.26. The topological polar surface area (TPSA) is 61.8 Å². The minimum Gasteiger partial charge on any atom is -0.493 e. The molecule has 0 heterocycles. The first kappa shape index (κ1) is 18.3. The molecule has 0 saturated carbocycles. The fraction of sp³-hybridized carbons (Fsp3) is 0.222. The average Bonchev–Trinajstić information content (AvgIpc) is 2.61. The molecule has 2 aromatic rings. The lowest BCUT2D eigenvalue weighted by atomic mass is 9.96. The molecule has 126 valence electrons. The van der Waals surface area contributed by atoms with Crippen LogP contribution in [-0.4, -0.2) is 33.1 Å². The van der Waals surface area contributed by atoms with Gasteiger partial charge >= 0.3 is 5.97 Å². The molecule has 0 bridgehead atoms. The maximum absolute atomic E-state index is 12.9. The van der Waals surface area contributed by atoms with E-state index in [-0.39, 0.29) is 12.2 Å². The monoisotopic (exact) mass is 440 g/mol. The standard InChI is InChI=1S/C18H17IO5/c1-22-15-8-12(9-17(20)24-3)14(10-16(15)23-2)18(21)11-4-6-13(19)7-5-11/h4-8,10H,9H2,1-3H3. The van der Waals surface area contributed by atoms with Gasteiger partial charge in [-0.2, -0.15) is 0 Å². The second-order valence-corrected chi connectivity index (χ2v) is 6.20. The van der Waals surface area contributed by atoms with Crippen LogP contribution in [0.2, 0.25) is 0 Å². The number of halogens is 1. The van der Waals surface area contributed by atoms with E-state index >= 15 is 0 Å². The number of carbonyl (C=O) groups excluding carboxylic acids is 2. The van der Waals surface area contributed by atoms with Crippen LogP contribution in [0.25, 0.3) is 0 Å². The van der Waals surface area contributed by atoms with Crippen LogP contribution in [0.5, 0.6) is 11.5 Å². The molecule has 0 aromatic heterocycles. The molecular weight excluding hydrogens is 423 g/mol. The van der Waals surface area contributed by atoms with Crippen molar-refractivity contribution in [2.24, 2.45) is 0 Å². The molecule has 2 rings (SSSR count). The van der Waals surface area contributed by atoms with Gasteiger partial charge in [-0.15, -0.1) is 0 Å². The SMILES string of the molecule is COC(=O)Cc1cc(OC)c(OC)cc1C(=O)c1ccc(I)cc1. The van der Waals surface area contributed by atoms with Gasteiger partial charge < -0.3 is 14.2 Å². The number of methoxy groups -OCH3 is 3. The van der Waals surface area contributed by atoms with E-state index in [1.165, 1.54) is 21.3 Å². The summed E-state index contributed by atoms with van der Waals surface area (Å²) in [4.78, 5) is 24.5. The van der Waals surface area contributed by atoms with Crippen molar-refractivity contribution in [2.45, 2.75) is 6.42 Å². The molecule has 0 saturated heterocycles. The van der Waals surface area contributed by atoms with E-state index in [0.29, 0.717) is 28.2 Å². The first-order chi connectivity index (χ1) is 11.5. The van der Waals surface area contributed by atoms with Crippen LogP contribution in [0, 0.1) is 3.57 Å². The molecule has 0 fully saturated rings. The minimum atomic E-state index is -0.432. The zero-order valence-corrected chi connectivity index (χ0v) is 15.7. The van der Waals surface area contributed by atoms with Gasteiger partial charge in [0.15, 0.2) is 17.3 Å². The molecule has 24 heavy (non-hydrogen) atoms. The number of hydrogen-bond acceptors (Lipinski definition) is 5. The Labute approximate surface area is 154 Å². The fourth-order valence-corrected chi connectivity index (χ4v) is 2.62. The summed E-state index contributed by atoms with van der Waals surface area (Å²) in [5.74, 6) is 0.265. The third-order valence-corrected chi connectivity index (χ3v) is 4.24. The maximum Gasteiger partial charge on any atom is 0.310 e. The molecule has 0 aliphatic carbocycles. The summed E-state index contributed by atoms with van der Waals surface area (Å²) in [6.45, 7) is 0. The van der Waals surface area contributed by atoms with E-state index in [1.807, 2.05) is 12.1 Å². The maximum atomic E-state index is 12.9. The number of rotatable bonds is 6. The van der Waals surface area contributed by atoms with E-state index in [0.717, 1.165) is 3.57 Å². The molecule has 0 aliphatic heterocycles. The Hall–Kier alpha value is -2.09. The lowest BCUT2D eigenvalue weighted by Crippen LogP contribution is -2.12. The number of benzene rings is 2. The second-order valence-electron chi connectivity index (χ2n) is 4.95. The highest BCUT2D eigenvalue weighted by Gasteiger charge is 2.20. The lowest BCUT2D eigenvalue weighted by molar-refractivity contribution is -0.139. The first-order valence-electron chi connectivity index (χ1n) is 7.12. The zero-order valence-electron chi connectivity index (χ0n) is 13.6. The predicted octanol–water partition coefficient (Wildman–Crippen LogP) is 3.25. The molecule has 0 amide bonds. The van der Waals surface area contributed by atoms with Gasteiger partial charge in [-0.05, 0) is 64.6 Å². The number of carbonyl (C=O) groups is 2. The molecular formula is C18H17IO5. The van der Waals surface area contributed by atoms with Gasteiger partial charge in [0, 0.05) is 14.7 Å². The molecule has 0 radical (unpaired) electrons. The Balaban J connectivity index is 2.54. The van der Waals surface area contributed by atoms with Crippen molar-refractivity contribution in [1.29, 1.82) is 0 Å². The molecule has 0 spiro atoms. The molecule has 0 N–H and O–H groups in total. The summed E-state index contributed by atoms with van der Waals surface area (Å²) in [5.41, 5.74) is 1.45. The van der Waals surface area contributed by atoms with E-state index in [4.69, 9.17) is 14.2 Å². The van der Waals surface area contributed by atoms with Crippen molar-refractivity contribution in [2.75, 3.05) is 21.3 Å². The largest absolute Gasteiger partial charge is 0.493 e. The summed E-state index contributed by atoms with van der Waals surface area (Å²) < 4.78 is 16.3. The van der Waals surface area contributed by atoms with Crippen molar-refractivity contribution in [3.05, 3.63) is 56.7 Å². The number of ether oxygens (including phenoxy) is 3. The molecule has 5 nitrogen and oxygen atoms in total. The molecule has 2 aromatic carbocycles. The van der Waals surface area contributed by atoms with Crippen LogP contribution >= 0.6 is 22.6 Å². The molecule has 6 heteroatoms. The highest BCUT2D eigenvalue weighted by Crippen LogP contribution is 2.32. The Morgan fingerprint density at radius 1 is 0.958 bits per heavy atom. The second kappa shape index (κ2) is 8.14. The Morgan fingerprint density at radius 2 is 1.54 bits per heavy atom. The van der Waals surface area contributed by atoms with Gasteiger partial charge in [-0.25, -0.2) is 0 Å². The summed E-state index contributed by atoms with van der Waals surface area (Å²) in [5, 5.41) is 0. The van der Waals surface area contributed by atoms with Gasteiger partial charge in [-0.3, -0.25) is 9.59 Å². The van der Waals surface area contributed by atoms with Crippen molar-refractivity contribution < 1.29 is 23.8 Å². The van der Waals surface area contributed by atoms with Crippen LogP contribution in [-0.2, 0) is 16.0 Å². The number of hydrogen-bond donors (Lipinski definition) is 0. The summed E-state index contributed by atoms with van der Waals surface area (Å²) in [7, 11) is 4.31. The van der Waals surface area contributed by atoms with Crippen molar-refractivity contribution in [3.8, 4) is 11.5 Å². The molecule has 0 atom stereocenters. The van der Waals surface area contributed by atoms with Gasteiger partial charge in [0.2, 0.25) is 0 Å². The predicted molar refractivity (Wildman–Crippen MR) is 97.9 cm³/mol. The van der Waals surface area contributed by atoms with Crippen LogP contribution in [0.15, 0.2) is 36.4 Å². The third-order valence-electron chi connectivity index (χ3n) is 3.52. The van der Waals surface area contributed by atoms with E-state index in [1.54, 1.807) is 24.3 Å². The van der Waals surface area contributed by atoms with Crippen LogP contribution < -0.4 is 9.47 Å². The van der Waals surface area contributed by atoms with E-state index in [2.05, 4.69) is 22.6 Å². The van der Waals surface area contributed by atoms with Gasteiger partial charge in [-0.1, -0.05) is 0 Å². The van der Waals surface area contributed by atoms with E-state index < -0.39 is 5.97 Å². The van der Waals surface area contributed by atoms with Crippen molar-refractivity contribution >= 4 is 34.3 Å².